The van der Waals surface area contributed by atoms with Crippen molar-refractivity contribution in [2.24, 2.45) is 0 Å². The van der Waals surface area contributed by atoms with Crippen molar-refractivity contribution in [3.63, 3.8) is 0 Å². The fraction of sp³-hybridized carbons (Fsp3) is 0.591. The van der Waals surface area contributed by atoms with Crippen molar-refractivity contribution in [1.29, 1.82) is 0 Å². The van der Waals surface area contributed by atoms with Crippen LogP contribution >= 0.6 is 0 Å². The molecule has 7 nitrogen and oxygen atoms in total. The van der Waals surface area contributed by atoms with Crippen LogP contribution in [0.4, 0.5) is 4.39 Å². The summed E-state index contributed by atoms with van der Waals surface area (Å²) in [5.74, 6) is 0.579. The molecule has 0 bridgehead atoms. The van der Waals surface area contributed by atoms with Crippen LogP contribution in [0.25, 0.3) is 11.4 Å². The van der Waals surface area contributed by atoms with Crippen LogP contribution in [0.1, 0.15) is 30.7 Å². The number of nitrogens with zero attached hydrogens (tertiary/aromatic N) is 5. The Kier molecular flexibility index (Phi) is 6.43. The molecule has 4 rings (SSSR count). The highest BCUT2D eigenvalue weighted by Gasteiger charge is 2.28. The summed E-state index contributed by atoms with van der Waals surface area (Å²) in [4.78, 5) is 23.8. The molecule has 2 aliphatic heterocycles. The molecule has 3 heterocycles. The standard InChI is InChI=1S/C22H30FN5O2/c1-16-5-6-17(14-19(16)23)22-24-20(30-25-22)7-8-21(29)28-12-10-27(11-13-28)18-4-3-9-26(2)15-18/h5-6,14,18H,3-4,7-13,15H2,1-2H3. The van der Waals surface area contributed by atoms with E-state index in [1.165, 1.54) is 25.5 Å². The first-order valence-electron chi connectivity index (χ1n) is 10.8. The number of halogens is 1. The van der Waals surface area contributed by atoms with Gasteiger partial charge < -0.3 is 14.3 Å². The zero-order valence-electron chi connectivity index (χ0n) is 17.8. The van der Waals surface area contributed by atoms with E-state index in [4.69, 9.17) is 4.52 Å². The summed E-state index contributed by atoms with van der Waals surface area (Å²) in [7, 11) is 2.18. The third-order valence-corrected chi connectivity index (χ3v) is 6.23. The lowest BCUT2D eigenvalue weighted by Gasteiger charge is -2.42. The van der Waals surface area contributed by atoms with Gasteiger partial charge >= 0.3 is 0 Å². The average molecular weight is 416 g/mol. The molecule has 2 aliphatic rings. The van der Waals surface area contributed by atoms with Gasteiger partial charge in [-0.25, -0.2) is 4.39 Å². The second kappa shape index (κ2) is 9.22. The number of rotatable bonds is 5. The van der Waals surface area contributed by atoms with Crippen molar-refractivity contribution in [1.82, 2.24) is 24.8 Å². The highest BCUT2D eigenvalue weighted by Crippen LogP contribution is 2.20. The van der Waals surface area contributed by atoms with Crippen molar-refractivity contribution in [3.8, 4) is 11.4 Å². The molecule has 1 atom stereocenters. The summed E-state index contributed by atoms with van der Waals surface area (Å²) in [6.07, 6.45) is 3.24. The molecule has 1 amide bonds. The Morgan fingerprint density at radius 1 is 1.23 bits per heavy atom. The van der Waals surface area contributed by atoms with Crippen LogP contribution in [-0.4, -0.2) is 83.1 Å². The van der Waals surface area contributed by atoms with Crippen LogP contribution in [0.5, 0.6) is 0 Å². The summed E-state index contributed by atoms with van der Waals surface area (Å²) < 4.78 is 19.0. The van der Waals surface area contributed by atoms with E-state index in [1.807, 2.05) is 4.90 Å². The lowest BCUT2D eigenvalue weighted by atomic mass is 10.0. The van der Waals surface area contributed by atoms with Gasteiger partial charge in [0.15, 0.2) is 0 Å². The normalized spacial score (nSPS) is 21.2. The van der Waals surface area contributed by atoms with Gasteiger partial charge in [-0.2, -0.15) is 4.98 Å². The van der Waals surface area contributed by atoms with Crippen LogP contribution in [-0.2, 0) is 11.2 Å². The van der Waals surface area contributed by atoms with E-state index in [0.29, 0.717) is 41.7 Å². The number of likely N-dealkylation sites (tertiary alicyclic amines) is 1. The predicted molar refractivity (Wildman–Crippen MR) is 111 cm³/mol. The molecule has 1 aromatic carbocycles. The minimum Gasteiger partial charge on any atom is -0.340 e. The maximum absolute atomic E-state index is 13.8. The summed E-state index contributed by atoms with van der Waals surface area (Å²) in [6, 6.07) is 5.47. The molecule has 0 aliphatic carbocycles. The Labute approximate surface area is 176 Å². The van der Waals surface area contributed by atoms with Crippen LogP contribution in [0.2, 0.25) is 0 Å². The Bertz CT molecular complexity index is 878. The fourth-order valence-electron chi connectivity index (χ4n) is 4.35. The maximum atomic E-state index is 13.8. The molecule has 0 N–H and O–H groups in total. The lowest BCUT2D eigenvalue weighted by molar-refractivity contribution is -0.133. The second-order valence-corrected chi connectivity index (χ2v) is 8.45. The van der Waals surface area contributed by atoms with Gasteiger partial charge in [0.25, 0.3) is 0 Å². The lowest BCUT2D eigenvalue weighted by Crippen LogP contribution is -2.55. The predicted octanol–water partition coefficient (Wildman–Crippen LogP) is 2.36. The zero-order valence-corrected chi connectivity index (χ0v) is 17.8. The SMILES string of the molecule is Cc1ccc(-c2noc(CCC(=O)N3CCN(C4CCCN(C)C4)CC3)n2)cc1F. The fourth-order valence-corrected chi connectivity index (χ4v) is 4.35. The number of piperazine rings is 1. The van der Waals surface area contributed by atoms with E-state index < -0.39 is 0 Å². The van der Waals surface area contributed by atoms with Gasteiger partial charge in [-0.3, -0.25) is 9.69 Å². The van der Waals surface area contributed by atoms with Gasteiger partial charge in [0.2, 0.25) is 17.6 Å². The van der Waals surface area contributed by atoms with Crippen LogP contribution in [0.15, 0.2) is 22.7 Å². The van der Waals surface area contributed by atoms with Crippen molar-refractivity contribution < 1.29 is 13.7 Å². The number of hydrogen-bond donors (Lipinski definition) is 0. The Balaban J connectivity index is 1.25. The van der Waals surface area contributed by atoms with Crippen molar-refractivity contribution in [2.45, 2.75) is 38.6 Å². The van der Waals surface area contributed by atoms with E-state index >= 15 is 0 Å². The minimum atomic E-state index is -0.298. The van der Waals surface area contributed by atoms with Gasteiger partial charge in [-0.05, 0) is 45.0 Å². The van der Waals surface area contributed by atoms with Gasteiger partial charge in [-0.15, -0.1) is 0 Å². The molecule has 0 radical (unpaired) electrons. The Hall–Kier alpha value is -2.32. The largest absolute Gasteiger partial charge is 0.340 e. The smallest absolute Gasteiger partial charge is 0.227 e. The van der Waals surface area contributed by atoms with Crippen molar-refractivity contribution in [2.75, 3.05) is 46.3 Å². The first-order chi connectivity index (χ1) is 14.5. The monoisotopic (exact) mass is 415 g/mol. The number of aryl methyl sites for hydroxylation is 2. The van der Waals surface area contributed by atoms with Crippen LogP contribution in [0, 0.1) is 12.7 Å². The van der Waals surface area contributed by atoms with Gasteiger partial charge in [-0.1, -0.05) is 17.3 Å². The van der Waals surface area contributed by atoms with E-state index in [2.05, 4.69) is 27.0 Å². The molecule has 162 valence electrons. The first kappa shape index (κ1) is 20.9. The summed E-state index contributed by atoms with van der Waals surface area (Å²) in [5, 5.41) is 3.93. The quantitative estimate of drug-likeness (QED) is 0.747. The second-order valence-electron chi connectivity index (χ2n) is 8.45. The molecule has 1 aromatic heterocycles. The summed E-state index contributed by atoms with van der Waals surface area (Å²) >= 11 is 0. The van der Waals surface area contributed by atoms with Gasteiger partial charge in [0, 0.05) is 57.2 Å². The molecule has 30 heavy (non-hydrogen) atoms. The summed E-state index contributed by atoms with van der Waals surface area (Å²) in [6.45, 7) is 7.44. The van der Waals surface area contributed by atoms with Crippen LogP contribution < -0.4 is 0 Å². The Morgan fingerprint density at radius 2 is 2.03 bits per heavy atom. The Morgan fingerprint density at radius 3 is 2.77 bits per heavy atom. The zero-order chi connectivity index (χ0) is 21.1. The molecule has 0 saturated carbocycles. The van der Waals surface area contributed by atoms with Crippen molar-refractivity contribution >= 4 is 5.91 Å². The molecule has 1 unspecified atom stereocenters. The number of aromatic nitrogens is 2. The molecule has 2 saturated heterocycles. The molecule has 2 fully saturated rings. The van der Waals surface area contributed by atoms with E-state index in [1.54, 1.807) is 19.1 Å². The number of likely N-dealkylation sites (N-methyl/N-ethyl adjacent to an activating group) is 1. The third-order valence-electron chi connectivity index (χ3n) is 6.23. The number of piperidine rings is 1. The van der Waals surface area contributed by atoms with E-state index in [-0.39, 0.29) is 11.7 Å². The minimum absolute atomic E-state index is 0.122. The molecular weight excluding hydrogens is 385 g/mol. The molecular formula is C22H30FN5O2. The van der Waals surface area contributed by atoms with Gasteiger partial charge in [0.05, 0.1) is 0 Å². The average Bonchev–Trinajstić information content (AvgIpc) is 3.23. The molecule has 0 spiro atoms. The third kappa shape index (κ3) is 4.87. The number of hydrogen-bond acceptors (Lipinski definition) is 6. The number of carbonyl (C=O) groups is 1. The van der Waals surface area contributed by atoms with Crippen LogP contribution in [0.3, 0.4) is 0 Å². The van der Waals surface area contributed by atoms with E-state index in [0.717, 1.165) is 32.7 Å². The van der Waals surface area contributed by atoms with Gasteiger partial charge in [0.1, 0.15) is 5.82 Å². The first-order valence-corrected chi connectivity index (χ1v) is 10.8. The number of amides is 1. The molecule has 2 aromatic rings. The summed E-state index contributed by atoms with van der Waals surface area (Å²) in [5.41, 5.74) is 1.15. The highest BCUT2D eigenvalue weighted by atomic mass is 19.1. The maximum Gasteiger partial charge on any atom is 0.227 e. The topological polar surface area (TPSA) is 65.7 Å². The van der Waals surface area contributed by atoms with E-state index in [9.17, 15) is 9.18 Å². The highest BCUT2D eigenvalue weighted by molar-refractivity contribution is 5.76. The molecule has 8 heteroatoms. The number of benzene rings is 1. The van der Waals surface area contributed by atoms with Crippen molar-refractivity contribution in [3.05, 3.63) is 35.5 Å². The number of carbonyl (C=O) groups excluding carboxylic acids is 1.